The lowest BCUT2D eigenvalue weighted by atomic mass is 10.1. The Labute approximate surface area is 171 Å². The van der Waals surface area contributed by atoms with E-state index >= 15 is 0 Å². The maximum absolute atomic E-state index is 12.8. The van der Waals surface area contributed by atoms with E-state index in [-0.39, 0.29) is 36.6 Å². The van der Waals surface area contributed by atoms with Crippen molar-refractivity contribution in [1.29, 1.82) is 0 Å². The number of benzene rings is 2. The van der Waals surface area contributed by atoms with Crippen LogP contribution in [0.2, 0.25) is 0 Å². The lowest BCUT2D eigenvalue weighted by Gasteiger charge is -2.22. The zero-order valence-corrected chi connectivity index (χ0v) is 15.9. The number of para-hydroxylation sites is 1. The summed E-state index contributed by atoms with van der Waals surface area (Å²) in [4.78, 5) is 36.8. The van der Waals surface area contributed by atoms with Crippen molar-refractivity contribution < 1.29 is 24.0 Å². The smallest absolute Gasteiger partial charge is 0.270 e. The van der Waals surface area contributed by atoms with E-state index in [9.17, 15) is 24.8 Å². The summed E-state index contributed by atoms with van der Waals surface area (Å²) in [6.07, 6.45) is 1.49. The normalized spacial score (nSPS) is 10.4. The van der Waals surface area contributed by atoms with E-state index in [0.717, 1.165) is 6.07 Å². The van der Waals surface area contributed by atoms with Crippen LogP contribution >= 0.6 is 0 Å². The molecule has 3 rings (SSSR count). The average molecular weight is 409 g/mol. The topological polar surface area (TPSA) is 126 Å². The molecule has 154 valence electrons. The summed E-state index contributed by atoms with van der Waals surface area (Å²) in [5.41, 5.74) is 0.408. The molecule has 0 saturated carbocycles. The fourth-order valence-electron chi connectivity index (χ4n) is 2.80. The number of nitro benzene ring substituents is 1. The van der Waals surface area contributed by atoms with Gasteiger partial charge in [0.25, 0.3) is 11.6 Å². The molecule has 2 amide bonds. The summed E-state index contributed by atoms with van der Waals surface area (Å²) in [5, 5.41) is 23.4. The van der Waals surface area contributed by atoms with Gasteiger partial charge in [-0.25, -0.2) is 0 Å². The Morgan fingerprint density at radius 2 is 1.87 bits per heavy atom. The lowest BCUT2D eigenvalue weighted by molar-refractivity contribution is -0.384. The maximum Gasteiger partial charge on any atom is 0.270 e. The number of aromatic hydroxyl groups is 1. The van der Waals surface area contributed by atoms with E-state index in [1.54, 1.807) is 30.3 Å². The van der Waals surface area contributed by atoms with Gasteiger partial charge in [-0.05, 0) is 24.3 Å². The molecule has 0 aliphatic heterocycles. The number of amides is 2. The third-order valence-corrected chi connectivity index (χ3v) is 4.35. The van der Waals surface area contributed by atoms with Crippen LogP contribution in [0, 0.1) is 10.1 Å². The molecule has 0 aliphatic rings. The highest BCUT2D eigenvalue weighted by atomic mass is 16.6. The molecule has 0 unspecified atom stereocenters. The molecule has 0 spiro atoms. The summed E-state index contributed by atoms with van der Waals surface area (Å²) >= 11 is 0. The van der Waals surface area contributed by atoms with Gasteiger partial charge < -0.3 is 19.7 Å². The van der Waals surface area contributed by atoms with Crippen LogP contribution in [0.3, 0.4) is 0 Å². The Morgan fingerprint density at radius 1 is 1.07 bits per heavy atom. The molecule has 9 nitrogen and oxygen atoms in total. The van der Waals surface area contributed by atoms with Crippen LogP contribution in [-0.2, 0) is 17.9 Å². The van der Waals surface area contributed by atoms with Gasteiger partial charge in [-0.2, -0.15) is 0 Å². The van der Waals surface area contributed by atoms with Gasteiger partial charge in [0.1, 0.15) is 11.5 Å². The van der Waals surface area contributed by atoms with E-state index in [1.807, 2.05) is 0 Å². The van der Waals surface area contributed by atoms with Crippen molar-refractivity contribution in [3.8, 4) is 5.75 Å². The van der Waals surface area contributed by atoms with E-state index < -0.39 is 16.7 Å². The number of phenolic OH excluding ortho intramolecular Hbond substituents is 1. The molecule has 0 aliphatic carbocycles. The summed E-state index contributed by atoms with van der Waals surface area (Å²) < 4.78 is 5.31. The molecule has 0 atom stereocenters. The van der Waals surface area contributed by atoms with Gasteiger partial charge in [0, 0.05) is 29.8 Å². The second-order valence-corrected chi connectivity index (χ2v) is 6.45. The molecule has 2 aromatic carbocycles. The molecule has 3 aromatic rings. The number of furan rings is 1. The number of carbonyl (C=O) groups is 2. The first-order valence-electron chi connectivity index (χ1n) is 9.03. The fourth-order valence-corrected chi connectivity index (χ4v) is 2.80. The number of nitrogens with one attached hydrogen (secondary N) is 1. The first kappa shape index (κ1) is 20.6. The minimum atomic E-state index is -0.604. The second kappa shape index (κ2) is 9.37. The molecule has 1 heterocycles. The molecular weight excluding hydrogens is 390 g/mol. The number of hydrogen-bond acceptors (Lipinski definition) is 6. The van der Waals surface area contributed by atoms with Crippen LogP contribution in [0.4, 0.5) is 5.69 Å². The van der Waals surface area contributed by atoms with Crippen LogP contribution in [0.25, 0.3) is 0 Å². The van der Waals surface area contributed by atoms with Crippen LogP contribution in [0.1, 0.15) is 21.7 Å². The van der Waals surface area contributed by atoms with Gasteiger partial charge in [-0.15, -0.1) is 0 Å². The zero-order chi connectivity index (χ0) is 21.5. The van der Waals surface area contributed by atoms with E-state index in [4.69, 9.17) is 4.42 Å². The maximum atomic E-state index is 12.8. The molecule has 1 aromatic heterocycles. The molecular formula is C21H19N3O6. The number of rotatable bonds is 8. The van der Waals surface area contributed by atoms with Crippen molar-refractivity contribution in [2.24, 2.45) is 0 Å². The molecule has 0 saturated heterocycles. The van der Waals surface area contributed by atoms with E-state index in [1.165, 1.54) is 35.4 Å². The van der Waals surface area contributed by atoms with Crippen LogP contribution in [-0.4, -0.2) is 33.3 Å². The number of phenols is 1. The second-order valence-electron chi connectivity index (χ2n) is 6.45. The van der Waals surface area contributed by atoms with Crippen molar-refractivity contribution in [2.75, 3.05) is 6.54 Å². The summed E-state index contributed by atoms with van der Waals surface area (Å²) in [5.74, 6) is -0.417. The first-order chi connectivity index (χ1) is 14.4. The Kier molecular flexibility index (Phi) is 6.43. The summed E-state index contributed by atoms with van der Waals surface area (Å²) in [7, 11) is 0. The van der Waals surface area contributed by atoms with E-state index in [2.05, 4.69) is 5.32 Å². The number of carbonyl (C=O) groups excluding carboxylic acids is 2. The Morgan fingerprint density at radius 3 is 2.57 bits per heavy atom. The van der Waals surface area contributed by atoms with Gasteiger partial charge >= 0.3 is 0 Å². The van der Waals surface area contributed by atoms with Crippen LogP contribution < -0.4 is 5.32 Å². The quantitative estimate of drug-likeness (QED) is 0.435. The van der Waals surface area contributed by atoms with Crippen LogP contribution in [0.15, 0.2) is 71.3 Å². The minimum Gasteiger partial charge on any atom is -0.508 e. The van der Waals surface area contributed by atoms with Gasteiger partial charge in [-0.1, -0.05) is 24.3 Å². The predicted molar refractivity (Wildman–Crippen MR) is 106 cm³/mol. The standard InChI is InChI=1S/C21H19N3O6/c25-19-9-2-1-5-16(19)13-23(14-18-8-4-10-30-18)20(26)12-22-21(27)15-6-3-7-17(11-15)24(28)29/h1-11,25H,12-14H2,(H,22,27). The van der Waals surface area contributed by atoms with Gasteiger partial charge in [0.15, 0.2) is 0 Å². The van der Waals surface area contributed by atoms with Gasteiger partial charge in [0.2, 0.25) is 5.91 Å². The Balaban J connectivity index is 1.69. The highest BCUT2D eigenvalue weighted by molar-refractivity contribution is 5.96. The largest absolute Gasteiger partial charge is 0.508 e. The predicted octanol–water partition coefficient (Wildman–Crippen LogP) is 2.85. The number of hydrogen-bond donors (Lipinski definition) is 2. The van der Waals surface area contributed by atoms with Gasteiger partial charge in [0.05, 0.1) is 24.3 Å². The summed E-state index contributed by atoms with van der Waals surface area (Å²) in [6.45, 7) is -0.0679. The SMILES string of the molecule is O=C(NCC(=O)N(Cc1ccco1)Cc1ccccc1O)c1cccc([N+](=O)[O-])c1. The number of nitro groups is 1. The highest BCUT2D eigenvalue weighted by Gasteiger charge is 2.19. The van der Waals surface area contributed by atoms with Crippen LogP contribution in [0.5, 0.6) is 5.75 Å². The third kappa shape index (κ3) is 5.22. The summed E-state index contributed by atoms with van der Waals surface area (Å²) in [6, 6.07) is 15.3. The van der Waals surface area contributed by atoms with Crippen molar-refractivity contribution >= 4 is 17.5 Å². The molecule has 9 heteroatoms. The molecule has 0 fully saturated rings. The highest BCUT2D eigenvalue weighted by Crippen LogP contribution is 2.19. The van der Waals surface area contributed by atoms with Crippen molar-refractivity contribution in [3.05, 3.63) is 93.9 Å². The lowest BCUT2D eigenvalue weighted by Crippen LogP contribution is -2.39. The van der Waals surface area contributed by atoms with Crippen molar-refractivity contribution in [3.63, 3.8) is 0 Å². The van der Waals surface area contributed by atoms with Gasteiger partial charge in [-0.3, -0.25) is 19.7 Å². The minimum absolute atomic E-state index is 0.0513. The number of nitrogens with zero attached hydrogens (tertiary/aromatic N) is 2. The average Bonchev–Trinajstić information content (AvgIpc) is 3.26. The molecule has 2 N–H and O–H groups in total. The Bertz CT molecular complexity index is 1050. The van der Waals surface area contributed by atoms with Crippen molar-refractivity contribution in [2.45, 2.75) is 13.1 Å². The third-order valence-electron chi connectivity index (χ3n) is 4.35. The fraction of sp³-hybridized carbons (Fsp3) is 0.143. The van der Waals surface area contributed by atoms with Crippen molar-refractivity contribution in [1.82, 2.24) is 10.2 Å². The zero-order valence-electron chi connectivity index (χ0n) is 15.9. The molecule has 0 radical (unpaired) electrons. The first-order valence-corrected chi connectivity index (χ1v) is 9.03. The van der Waals surface area contributed by atoms with E-state index in [0.29, 0.717) is 11.3 Å². The molecule has 30 heavy (non-hydrogen) atoms. The molecule has 0 bridgehead atoms. The number of non-ortho nitro benzene ring substituents is 1. The Hall–Kier alpha value is -4.14. The monoisotopic (exact) mass is 409 g/mol.